The lowest BCUT2D eigenvalue weighted by Crippen LogP contribution is -2.30. The second kappa shape index (κ2) is 5.31. The van der Waals surface area contributed by atoms with Gasteiger partial charge in [0.2, 0.25) is 0 Å². The summed E-state index contributed by atoms with van der Waals surface area (Å²) in [5.41, 5.74) is 1.33. The summed E-state index contributed by atoms with van der Waals surface area (Å²) >= 11 is 0. The van der Waals surface area contributed by atoms with Crippen LogP contribution in [-0.4, -0.2) is 13.2 Å². The van der Waals surface area contributed by atoms with Gasteiger partial charge in [-0.2, -0.15) is 0 Å². The van der Waals surface area contributed by atoms with Crippen LogP contribution in [0.3, 0.4) is 0 Å². The predicted molar refractivity (Wildman–Crippen MR) is 73.8 cm³/mol. The van der Waals surface area contributed by atoms with Crippen LogP contribution in [0.4, 0.5) is 0 Å². The van der Waals surface area contributed by atoms with E-state index >= 15 is 0 Å². The number of nitrogens with one attached hydrogen (secondary N) is 1. The third-order valence-electron chi connectivity index (χ3n) is 4.49. The van der Waals surface area contributed by atoms with Crippen molar-refractivity contribution in [3.63, 3.8) is 0 Å². The van der Waals surface area contributed by atoms with Crippen molar-refractivity contribution in [2.45, 2.75) is 38.6 Å². The van der Waals surface area contributed by atoms with Gasteiger partial charge < -0.3 is 10.1 Å². The van der Waals surface area contributed by atoms with Crippen molar-refractivity contribution in [2.24, 2.45) is 11.8 Å². The zero-order valence-corrected chi connectivity index (χ0v) is 11.2. The Bertz CT molecular complexity index is 396. The van der Waals surface area contributed by atoms with E-state index in [-0.39, 0.29) is 0 Å². The average Bonchev–Trinajstić information content (AvgIpc) is 2.82. The Hall–Kier alpha value is -1.02. The van der Waals surface area contributed by atoms with Crippen LogP contribution in [0.2, 0.25) is 0 Å². The summed E-state index contributed by atoms with van der Waals surface area (Å²) in [5.74, 6) is 2.87. The van der Waals surface area contributed by atoms with Gasteiger partial charge in [0.25, 0.3) is 0 Å². The molecule has 1 saturated carbocycles. The van der Waals surface area contributed by atoms with E-state index in [4.69, 9.17) is 4.74 Å². The number of ether oxygens (including phenoxy) is 1. The summed E-state index contributed by atoms with van der Waals surface area (Å²) < 4.78 is 5.71. The van der Waals surface area contributed by atoms with Crippen molar-refractivity contribution in [2.75, 3.05) is 13.2 Å². The molecular weight excluding hydrogens is 222 g/mol. The van der Waals surface area contributed by atoms with Crippen molar-refractivity contribution >= 4 is 0 Å². The third-order valence-corrected chi connectivity index (χ3v) is 4.49. The summed E-state index contributed by atoms with van der Waals surface area (Å²) in [6, 6.07) is 8.80. The molecule has 2 heteroatoms. The van der Waals surface area contributed by atoms with Crippen LogP contribution >= 0.6 is 0 Å². The molecule has 0 bridgehead atoms. The fraction of sp³-hybridized carbons (Fsp3) is 0.625. The summed E-state index contributed by atoms with van der Waals surface area (Å²) in [4.78, 5) is 0. The van der Waals surface area contributed by atoms with E-state index < -0.39 is 0 Å². The molecule has 2 aliphatic rings. The summed E-state index contributed by atoms with van der Waals surface area (Å²) in [6.07, 6.45) is 5.60. The molecule has 1 fully saturated rings. The molecule has 1 aromatic carbocycles. The molecule has 1 aromatic rings. The monoisotopic (exact) mass is 245 g/mol. The van der Waals surface area contributed by atoms with Gasteiger partial charge in [0.15, 0.2) is 0 Å². The Balaban J connectivity index is 1.53. The van der Waals surface area contributed by atoms with Gasteiger partial charge >= 0.3 is 0 Å². The minimum Gasteiger partial charge on any atom is -0.491 e. The van der Waals surface area contributed by atoms with Crippen molar-refractivity contribution < 1.29 is 4.74 Å². The second-order valence-electron chi connectivity index (χ2n) is 5.94. The molecule has 1 N–H and O–H groups in total. The van der Waals surface area contributed by atoms with E-state index in [1.807, 2.05) is 6.07 Å². The molecule has 3 rings (SSSR count). The zero-order chi connectivity index (χ0) is 12.4. The molecule has 1 aliphatic heterocycles. The van der Waals surface area contributed by atoms with E-state index in [0.717, 1.165) is 30.7 Å². The minimum atomic E-state index is 0.403. The van der Waals surface area contributed by atoms with Crippen molar-refractivity contribution in [3.8, 4) is 5.75 Å². The number of hydrogen-bond donors (Lipinski definition) is 1. The maximum absolute atomic E-state index is 5.71. The molecule has 0 saturated heterocycles. The zero-order valence-electron chi connectivity index (χ0n) is 11.2. The smallest absolute Gasteiger partial charge is 0.124 e. The topological polar surface area (TPSA) is 21.3 Å². The van der Waals surface area contributed by atoms with Crippen LogP contribution in [0.25, 0.3) is 0 Å². The van der Waals surface area contributed by atoms with Crippen LogP contribution in [0.15, 0.2) is 24.3 Å². The maximum Gasteiger partial charge on any atom is 0.124 e. The molecule has 0 radical (unpaired) electrons. The lowest BCUT2D eigenvalue weighted by molar-refractivity contribution is 0.258. The molecule has 0 spiro atoms. The molecule has 1 unspecified atom stereocenters. The van der Waals surface area contributed by atoms with E-state index in [1.165, 1.54) is 31.2 Å². The van der Waals surface area contributed by atoms with Crippen LogP contribution in [0, 0.1) is 11.8 Å². The lowest BCUT2D eigenvalue weighted by atomic mass is 9.83. The van der Waals surface area contributed by atoms with Gasteiger partial charge in [-0.15, -0.1) is 0 Å². The highest BCUT2D eigenvalue weighted by Gasteiger charge is 2.25. The molecule has 98 valence electrons. The average molecular weight is 245 g/mol. The summed E-state index contributed by atoms with van der Waals surface area (Å²) in [6.45, 7) is 4.32. The Kier molecular flexibility index (Phi) is 3.55. The molecule has 2 nitrogen and oxygen atoms in total. The van der Waals surface area contributed by atoms with Gasteiger partial charge in [0, 0.05) is 5.56 Å². The standard InChI is InChI=1S/C16H23NO/c1-12-6-8-13(9-7-12)10-17-15-11-18-16-5-3-2-4-14(15)16/h2-5,12-13,15,17H,6-11H2,1H3. The number of fused-ring (bicyclic) bond motifs is 1. The van der Waals surface area contributed by atoms with E-state index in [9.17, 15) is 0 Å². The largest absolute Gasteiger partial charge is 0.491 e. The van der Waals surface area contributed by atoms with E-state index in [1.54, 1.807) is 0 Å². The number of benzene rings is 1. The van der Waals surface area contributed by atoms with Crippen LogP contribution in [-0.2, 0) is 0 Å². The lowest BCUT2D eigenvalue weighted by Gasteiger charge is -2.27. The first-order chi connectivity index (χ1) is 8.83. The Morgan fingerprint density at radius 3 is 2.78 bits per heavy atom. The molecule has 18 heavy (non-hydrogen) atoms. The van der Waals surface area contributed by atoms with E-state index in [0.29, 0.717) is 6.04 Å². The molecule has 1 heterocycles. The summed E-state index contributed by atoms with van der Waals surface area (Å²) in [5, 5.41) is 3.70. The van der Waals surface area contributed by atoms with Crippen LogP contribution < -0.4 is 10.1 Å². The second-order valence-corrected chi connectivity index (χ2v) is 5.94. The number of rotatable bonds is 3. The third kappa shape index (κ3) is 2.54. The fourth-order valence-electron chi connectivity index (χ4n) is 3.17. The fourth-order valence-corrected chi connectivity index (χ4v) is 3.17. The van der Waals surface area contributed by atoms with Gasteiger partial charge in [0.1, 0.15) is 12.4 Å². The predicted octanol–water partition coefficient (Wildman–Crippen LogP) is 3.54. The van der Waals surface area contributed by atoms with Gasteiger partial charge in [-0.1, -0.05) is 38.0 Å². The number of para-hydroxylation sites is 1. The summed E-state index contributed by atoms with van der Waals surface area (Å²) in [7, 11) is 0. The molecular formula is C16H23NO. The van der Waals surface area contributed by atoms with Crippen molar-refractivity contribution in [1.82, 2.24) is 5.32 Å². The van der Waals surface area contributed by atoms with Crippen molar-refractivity contribution in [3.05, 3.63) is 29.8 Å². The highest BCUT2D eigenvalue weighted by molar-refractivity contribution is 5.39. The minimum absolute atomic E-state index is 0.403. The highest BCUT2D eigenvalue weighted by atomic mass is 16.5. The Labute approximate surface area is 110 Å². The SMILES string of the molecule is CC1CCC(CNC2COc3ccccc32)CC1. The van der Waals surface area contributed by atoms with Gasteiger partial charge in [-0.25, -0.2) is 0 Å². The van der Waals surface area contributed by atoms with Gasteiger partial charge in [0.05, 0.1) is 6.04 Å². The normalized spacial score (nSPS) is 30.8. The molecule has 1 aliphatic carbocycles. The van der Waals surface area contributed by atoms with E-state index in [2.05, 4.69) is 30.4 Å². The molecule has 0 amide bonds. The molecule has 1 atom stereocenters. The Morgan fingerprint density at radius 2 is 1.94 bits per heavy atom. The van der Waals surface area contributed by atoms with Gasteiger partial charge in [-0.3, -0.25) is 0 Å². The maximum atomic E-state index is 5.71. The Morgan fingerprint density at radius 1 is 1.17 bits per heavy atom. The molecule has 0 aromatic heterocycles. The first kappa shape index (κ1) is 12.0. The van der Waals surface area contributed by atoms with Crippen molar-refractivity contribution in [1.29, 1.82) is 0 Å². The quantitative estimate of drug-likeness (QED) is 0.879. The number of hydrogen-bond acceptors (Lipinski definition) is 2. The van der Waals surface area contributed by atoms with Crippen LogP contribution in [0.5, 0.6) is 5.75 Å². The highest BCUT2D eigenvalue weighted by Crippen LogP contribution is 2.33. The first-order valence-electron chi connectivity index (χ1n) is 7.28. The first-order valence-corrected chi connectivity index (χ1v) is 7.28. The van der Waals surface area contributed by atoms with Crippen LogP contribution in [0.1, 0.15) is 44.2 Å². The van der Waals surface area contributed by atoms with Gasteiger partial charge in [-0.05, 0) is 37.3 Å².